The van der Waals surface area contributed by atoms with Crippen molar-refractivity contribution >= 4 is 11.6 Å². The average Bonchev–Trinajstić information content (AvgIpc) is 2.68. The summed E-state index contributed by atoms with van der Waals surface area (Å²) in [7, 11) is 0. The highest BCUT2D eigenvalue weighted by Crippen LogP contribution is 2.44. The van der Waals surface area contributed by atoms with Crippen LogP contribution in [-0.4, -0.2) is 17.1 Å². The van der Waals surface area contributed by atoms with Gasteiger partial charge in [0.05, 0.1) is 11.7 Å². The molecular formula is C17H29ClO. The molecule has 3 unspecified atom stereocenters. The van der Waals surface area contributed by atoms with Crippen molar-refractivity contribution in [2.75, 3.05) is 0 Å². The van der Waals surface area contributed by atoms with E-state index in [9.17, 15) is 0 Å². The Morgan fingerprint density at radius 2 is 1.58 bits per heavy atom. The molecule has 19 heavy (non-hydrogen) atoms. The quantitative estimate of drug-likeness (QED) is 0.484. The molecule has 0 aromatic carbocycles. The van der Waals surface area contributed by atoms with E-state index in [2.05, 4.69) is 0 Å². The van der Waals surface area contributed by atoms with Gasteiger partial charge in [-0.05, 0) is 50.9 Å². The minimum absolute atomic E-state index is 0.287. The van der Waals surface area contributed by atoms with Crippen molar-refractivity contribution in [1.82, 2.24) is 0 Å². The van der Waals surface area contributed by atoms with Crippen LogP contribution in [0.2, 0.25) is 0 Å². The van der Waals surface area contributed by atoms with Gasteiger partial charge in [0.15, 0.2) is 0 Å². The van der Waals surface area contributed by atoms with Crippen LogP contribution >= 0.6 is 11.6 Å². The molecule has 0 aromatic heterocycles. The summed E-state index contributed by atoms with van der Waals surface area (Å²) in [6, 6.07) is 0. The first-order valence-electron chi connectivity index (χ1n) is 8.59. The molecule has 2 saturated carbocycles. The van der Waals surface area contributed by atoms with E-state index in [0.29, 0.717) is 17.4 Å². The van der Waals surface area contributed by atoms with Crippen LogP contribution in [0.25, 0.3) is 0 Å². The summed E-state index contributed by atoms with van der Waals surface area (Å²) in [6.45, 7) is 0. The normalized spacial score (nSPS) is 39.3. The lowest BCUT2D eigenvalue weighted by Gasteiger charge is -2.34. The SMILES string of the molecule is ClC1CCCCCC1CC1CCC2(CCCCC2)O1. The van der Waals surface area contributed by atoms with Gasteiger partial charge in [-0.15, -0.1) is 11.6 Å². The highest BCUT2D eigenvalue weighted by Gasteiger charge is 2.41. The van der Waals surface area contributed by atoms with Crippen molar-refractivity contribution in [1.29, 1.82) is 0 Å². The first kappa shape index (κ1) is 14.2. The summed E-state index contributed by atoms with van der Waals surface area (Å²) in [6.07, 6.45) is 17.8. The monoisotopic (exact) mass is 284 g/mol. The summed E-state index contributed by atoms with van der Waals surface area (Å²) in [5.41, 5.74) is 0.287. The third-order valence-corrected chi connectivity index (χ3v) is 6.31. The van der Waals surface area contributed by atoms with E-state index in [0.717, 1.165) is 0 Å². The van der Waals surface area contributed by atoms with Crippen molar-refractivity contribution < 1.29 is 4.74 Å². The molecule has 3 atom stereocenters. The van der Waals surface area contributed by atoms with Gasteiger partial charge in [-0.1, -0.05) is 38.5 Å². The molecule has 2 aliphatic carbocycles. The number of ether oxygens (including phenoxy) is 1. The van der Waals surface area contributed by atoms with Crippen LogP contribution in [-0.2, 0) is 4.74 Å². The van der Waals surface area contributed by atoms with Gasteiger partial charge < -0.3 is 4.74 Å². The second kappa shape index (κ2) is 6.35. The Morgan fingerprint density at radius 3 is 2.42 bits per heavy atom. The van der Waals surface area contributed by atoms with Gasteiger partial charge >= 0.3 is 0 Å². The van der Waals surface area contributed by atoms with Gasteiger partial charge in [0.2, 0.25) is 0 Å². The maximum Gasteiger partial charge on any atom is 0.0687 e. The molecule has 3 aliphatic rings. The summed E-state index contributed by atoms with van der Waals surface area (Å²) in [4.78, 5) is 0. The zero-order valence-electron chi connectivity index (χ0n) is 12.2. The molecule has 1 spiro atoms. The summed E-state index contributed by atoms with van der Waals surface area (Å²) < 4.78 is 6.52. The zero-order chi connectivity index (χ0) is 13.1. The average molecular weight is 285 g/mol. The molecule has 1 heterocycles. The van der Waals surface area contributed by atoms with Crippen molar-refractivity contribution in [3.05, 3.63) is 0 Å². The van der Waals surface area contributed by atoms with Crippen LogP contribution in [0.1, 0.15) is 83.5 Å². The third kappa shape index (κ3) is 3.47. The van der Waals surface area contributed by atoms with Gasteiger partial charge in [-0.25, -0.2) is 0 Å². The lowest BCUT2D eigenvalue weighted by atomic mass is 9.83. The molecule has 1 aliphatic heterocycles. The highest BCUT2D eigenvalue weighted by atomic mass is 35.5. The maximum absolute atomic E-state index is 6.59. The lowest BCUT2D eigenvalue weighted by Crippen LogP contribution is -2.32. The Balaban J connectivity index is 1.53. The summed E-state index contributed by atoms with van der Waals surface area (Å²) in [5, 5.41) is 0.411. The smallest absolute Gasteiger partial charge is 0.0687 e. The topological polar surface area (TPSA) is 9.23 Å². The molecule has 1 nitrogen and oxygen atoms in total. The molecule has 1 saturated heterocycles. The van der Waals surface area contributed by atoms with Crippen LogP contribution in [0.3, 0.4) is 0 Å². The van der Waals surface area contributed by atoms with E-state index >= 15 is 0 Å². The van der Waals surface area contributed by atoms with Crippen LogP contribution in [0.4, 0.5) is 0 Å². The molecule has 0 aromatic rings. The first-order valence-corrected chi connectivity index (χ1v) is 9.03. The summed E-state index contributed by atoms with van der Waals surface area (Å²) in [5.74, 6) is 0.716. The van der Waals surface area contributed by atoms with Gasteiger partial charge in [0.1, 0.15) is 0 Å². The fourth-order valence-corrected chi connectivity index (χ4v) is 4.95. The predicted octanol–water partition coefficient (Wildman–Crippen LogP) is 5.45. The molecule has 110 valence electrons. The number of hydrogen-bond acceptors (Lipinski definition) is 1. The standard InChI is InChI=1S/C17H29ClO/c18-16-8-4-1-3-7-14(16)13-15-9-12-17(19-15)10-5-2-6-11-17/h14-16H,1-13H2. The van der Waals surface area contributed by atoms with Gasteiger partial charge in [0, 0.05) is 5.38 Å². The second-order valence-corrected chi connectivity index (χ2v) is 7.73. The Labute approximate surface area is 123 Å². The van der Waals surface area contributed by atoms with Gasteiger partial charge in [-0.3, -0.25) is 0 Å². The van der Waals surface area contributed by atoms with E-state index in [4.69, 9.17) is 16.3 Å². The van der Waals surface area contributed by atoms with Gasteiger partial charge in [0.25, 0.3) is 0 Å². The number of halogens is 1. The van der Waals surface area contributed by atoms with E-state index < -0.39 is 0 Å². The molecular weight excluding hydrogens is 256 g/mol. The number of hydrogen-bond donors (Lipinski definition) is 0. The van der Waals surface area contributed by atoms with Gasteiger partial charge in [-0.2, -0.15) is 0 Å². The number of alkyl halides is 1. The Bertz CT molecular complexity index is 285. The largest absolute Gasteiger partial charge is 0.372 e. The molecule has 0 amide bonds. The van der Waals surface area contributed by atoms with Crippen LogP contribution in [0.15, 0.2) is 0 Å². The van der Waals surface area contributed by atoms with E-state index in [1.165, 1.54) is 83.5 Å². The minimum Gasteiger partial charge on any atom is -0.372 e. The second-order valence-electron chi connectivity index (χ2n) is 7.17. The Kier molecular flexibility index (Phi) is 4.74. The Morgan fingerprint density at radius 1 is 0.842 bits per heavy atom. The number of rotatable bonds is 2. The molecule has 0 N–H and O–H groups in total. The highest BCUT2D eigenvalue weighted by molar-refractivity contribution is 6.20. The van der Waals surface area contributed by atoms with Crippen molar-refractivity contribution in [2.24, 2.45) is 5.92 Å². The van der Waals surface area contributed by atoms with Crippen LogP contribution in [0, 0.1) is 5.92 Å². The molecule has 2 heteroatoms. The first-order chi connectivity index (χ1) is 9.27. The van der Waals surface area contributed by atoms with E-state index in [1.807, 2.05) is 0 Å². The Hall–Kier alpha value is 0.250. The molecule has 3 fully saturated rings. The molecule has 0 radical (unpaired) electrons. The lowest BCUT2D eigenvalue weighted by molar-refractivity contribution is -0.0701. The molecule has 0 bridgehead atoms. The predicted molar refractivity (Wildman–Crippen MR) is 80.8 cm³/mol. The molecule has 3 rings (SSSR count). The maximum atomic E-state index is 6.59. The van der Waals surface area contributed by atoms with Crippen molar-refractivity contribution in [2.45, 2.75) is 101 Å². The van der Waals surface area contributed by atoms with Crippen LogP contribution < -0.4 is 0 Å². The van der Waals surface area contributed by atoms with E-state index in [-0.39, 0.29) is 5.60 Å². The zero-order valence-corrected chi connectivity index (χ0v) is 13.0. The minimum atomic E-state index is 0.287. The summed E-state index contributed by atoms with van der Waals surface area (Å²) >= 11 is 6.59. The fraction of sp³-hybridized carbons (Fsp3) is 1.00. The van der Waals surface area contributed by atoms with Crippen molar-refractivity contribution in [3.8, 4) is 0 Å². The van der Waals surface area contributed by atoms with E-state index in [1.54, 1.807) is 0 Å². The fourth-order valence-electron chi connectivity index (χ4n) is 4.57. The third-order valence-electron chi connectivity index (χ3n) is 5.74. The van der Waals surface area contributed by atoms with Crippen molar-refractivity contribution in [3.63, 3.8) is 0 Å². The van der Waals surface area contributed by atoms with Crippen LogP contribution in [0.5, 0.6) is 0 Å².